The lowest BCUT2D eigenvalue weighted by Crippen LogP contribution is -2.14. The van der Waals surface area contributed by atoms with Gasteiger partial charge in [-0.15, -0.1) is 0 Å². The molecule has 0 saturated carbocycles. The first-order valence-corrected chi connectivity index (χ1v) is 10.4. The number of aromatic carboxylic acids is 1. The van der Waals surface area contributed by atoms with Gasteiger partial charge in [-0.05, 0) is 44.5 Å². The minimum Gasteiger partial charge on any atom is -0.476 e. The second-order valence-corrected chi connectivity index (χ2v) is 8.07. The zero-order valence-corrected chi connectivity index (χ0v) is 18.5. The van der Waals surface area contributed by atoms with Crippen molar-refractivity contribution in [2.75, 3.05) is 5.32 Å². The van der Waals surface area contributed by atoms with Gasteiger partial charge in [-0.25, -0.2) is 9.78 Å². The summed E-state index contributed by atoms with van der Waals surface area (Å²) >= 11 is 5.87. The molecule has 0 aliphatic carbocycles. The van der Waals surface area contributed by atoms with Gasteiger partial charge in [0.25, 0.3) is 0 Å². The fourth-order valence-corrected chi connectivity index (χ4v) is 3.93. The van der Waals surface area contributed by atoms with Crippen molar-refractivity contribution in [1.82, 2.24) is 4.98 Å². The third-order valence-electron chi connectivity index (χ3n) is 5.33. The van der Waals surface area contributed by atoms with Crippen LogP contribution < -0.4 is 10.7 Å². The highest BCUT2D eigenvalue weighted by molar-refractivity contribution is 6.29. The van der Waals surface area contributed by atoms with Gasteiger partial charge in [-0.3, -0.25) is 4.79 Å². The van der Waals surface area contributed by atoms with E-state index < -0.39 is 5.97 Å². The fourth-order valence-electron chi connectivity index (χ4n) is 3.78. The highest BCUT2D eigenvalue weighted by atomic mass is 35.5. The monoisotopic (exact) mass is 448 g/mol. The van der Waals surface area contributed by atoms with Crippen LogP contribution in [0.25, 0.3) is 22.3 Å². The first kappa shape index (κ1) is 21.6. The van der Waals surface area contributed by atoms with Crippen molar-refractivity contribution in [1.29, 1.82) is 0 Å². The summed E-state index contributed by atoms with van der Waals surface area (Å²) in [5.41, 5.74) is 3.49. The van der Waals surface area contributed by atoms with Gasteiger partial charge in [-0.1, -0.05) is 48.0 Å². The van der Waals surface area contributed by atoms with Crippen LogP contribution in [0, 0.1) is 13.8 Å². The third-order valence-corrected chi connectivity index (χ3v) is 5.54. The number of hydrogen-bond donors (Lipinski definition) is 2. The topological polar surface area (TPSA) is 92.4 Å². The van der Waals surface area contributed by atoms with E-state index in [0.717, 1.165) is 16.7 Å². The normalized spacial score (nSPS) is 12.0. The van der Waals surface area contributed by atoms with E-state index in [1.807, 2.05) is 56.3 Å². The Balaban J connectivity index is 1.88. The molecule has 2 N–H and O–H groups in total. The molecule has 0 fully saturated rings. The highest BCUT2D eigenvalue weighted by Gasteiger charge is 2.21. The first-order chi connectivity index (χ1) is 15.3. The van der Waals surface area contributed by atoms with Crippen LogP contribution in [0.4, 0.5) is 5.69 Å². The molecule has 6 nitrogen and oxygen atoms in total. The molecule has 0 bridgehead atoms. The zero-order chi connectivity index (χ0) is 23.0. The average Bonchev–Trinajstić information content (AvgIpc) is 2.77. The average molecular weight is 449 g/mol. The van der Waals surface area contributed by atoms with Crippen LogP contribution in [0.1, 0.15) is 40.1 Å². The molecule has 1 unspecified atom stereocenters. The first-order valence-electron chi connectivity index (χ1n) is 10.1. The molecule has 0 aliphatic heterocycles. The van der Waals surface area contributed by atoms with E-state index in [0.29, 0.717) is 28.0 Å². The van der Waals surface area contributed by atoms with Crippen LogP contribution in [-0.4, -0.2) is 16.1 Å². The van der Waals surface area contributed by atoms with Crippen molar-refractivity contribution < 1.29 is 14.3 Å². The summed E-state index contributed by atoms with van der Waals surface area (Å²) in [4.78, 5) is 28.7. The molecule has 0 aliphatic rings. The number of rotatable bonds is 5. The second kappa shape index (κ2) is 8.48. The second-order valence-electron chi connectivity index (χ2n) is 7.68. The number of nitrogens with one attached hydrogen (secondary N) is 1. The minimum absolute atomic E-state index is 0.0931. The molecule has 4 rings (SSSR count). The zero-order valence-electron chi connectivity index (χ0n) is 17.8. The Bertz CT molecular complexity index is 1400. The van der Waals surface area contributed by atoms with Crippen LogP contribution in [0.2, 0.25) is 5.15 Å². The summed E-state index contributed by atoms with van der Waals surface area (Å²) < 4.78 is 6.31. The van der Waals surface area contributed by atoms with Gasteiger partial charge < -0.3 is 14.8 Å². The van der Waals surface area contributed by atoms with Crippen LogP contribution in [0.5, 0.6) is 0 Å². The fraction of sp³-hybridized carbons (Fsp3) is 0.160. The quantitative estimate of drug-likeness (QED) is 0.364. The molecule has 1 atom stereocenters. The highest BCUT2D eigenvalue weighted by Crippen LogP contribution is 2.32. The molecule has 2 aromatic heterocycles. The summed E-state index contributed by atoms with van der Waals surface area (Å²) in [6.07, 6.45) is 0. The van der Waals surface area contributed by atoms with Crippen LogP contribution in [-0.2, 0) is 0 Å². The number of aryl methyl sites for hydroxylation is 1. The van der Waals surface area contributed by atoms with E-state index in [2.05, 4.69) is 10.3 Å². The molecule has 0 spiro atoms. The van der Waals surface area contributed by atoms with Crippen molar-refractivity contribution in [3.8, 4) is 11.3 Å². The van der Waals surface area contributed by atoms with Crippen LogP contribution in [0.15, 0.2) is 63.8 Å². The van der Waals surface area contributed by atoms with Crippen LogP contribution in [0.3, 0.4) is 0 Å². The lowest BCUT2D eigenvalue weighted by molar-refractivity contribution is 0.0691. The molecule has 32 heavy (non-hydrogen) atoms. The maximum atomic E-state index is 13.2. The van der Waals surface area contributed by atoms with Crippen molar-refractivity contribution >= 4 is 34.2 Å². The standard InChI is InChI=1S/C25H21ClN2O4/c1-13-11-17(15(3)27-19-9-10-20(26)28-21(19)25(30)31)24-18(12-13)22(29)14(2)23(32-24)16-7-5-4-6-8-16/h4-12,15,27H,1-3H3,(H,30,31). The predicted octanol–water partition coefficient (Wildman–Crippen LogP) is 6.00. The largest absolute Gasteiger partial charge is 0.476 e. The van der Waals surface area contributed by atoms with E-state index in [-0.39, 0.29) is 22.3 Å². The number of pyridine rings is 1. The van der Waals surface area contributed by atoms with Gasteiger partial charge in [0.05, 0.1) is 17.1 Å². The Kier molecular flexibility index (Phi) is 5.72. The molecule has 2 heterocycles. The number of aromatic nitrogens is 1. The Labute approximate surface area is 189 Å². The molecular weight excluding hydrogens is 428 g/mol. The van der Waals surface area contributed by atoms with Crippen molar-refractivity contribution in [2.24, 2.45) is 0 Å². The molecule has 0 radical (unpaired) electrons. The minimum atomic E-state index is -1.19. The van der Waals surface area contributed by atoms with Gasteiger partial charge in [-0.2, -0.15) is 0 Å². The molecule has 7 heteroatoms. The number of carboxylic acids is 1. The molecular formula is C25H21ClN2O4. The molecule has 0 saturated heterocycles. The molecule has 0 amide bonds. The van der Waals surface area contributed by atoms with Gasteiger partial charge in [0.1, 0.15) is 16.5 Å². The number of carboxylic acid groups (broad SMARTS) is 1. The number of fused-ring (bicyclic) bond motifs is 1. The lowest BCUT2D eigenvalue weighted by Gasteiger charge is -2.19. The predicted molar refractivity (Wildman–Crippen MR) is 126 cm³/mol. The number of benzene rings is 2. The Morgan fingerprint density at radius 1 is 1.12 bits per heavy atom. The smallest absolute Gasteiger partial charge is 0.356 e. The molecule has 2 aromatic carbocycles. The van der Waals surface area contributed by atoms with Crippen molar-refractivity contribution in [3.05, 3.63) is 92.4 Å². The van der Waals surface area contributed by atoms with Gasteiger partial charge in [0.2, 0.25) is 0 Å². The summed E-state index contributed by atoms with van der Waals surface area (Å²) in [5.74, 6) is -0.676. The van der Waals surface area contributed by atoms with E-state index in [4.69, 9.17) is 16.0 Å². The van der Waals surface area contributed by atoms with E-state index >= 15 is 0 Å². The molecule has 162 valence electrons. The summed E-state index contributed by atoms with van der Waals surface area (Å²) in [5, 5.41) is 13.3. The number of carbonyl (C=O) groups is 1. The summed E-state index contributed by atoms with van der Waals surface area (Å²) in [6, 6.07) is 15.9. The van der Waals surface area contributed by atoms with Gasteiger partial charge in [0, 0.05) is 16.7 Å². The number of anilines is 1. The van der Waals surface area contributed by atoms with Crippen molar-refractivity contribution in [2.45, 2.75) is 26.8 Å². The third kappa shape index (κ3) is 3.97. The Morgan fingerprint density at radius 2 is 1.84 bits per heavy atom. The van der Waals surface area contributed by atoms with E-state index in [1.165, 1.54) is 6.07 Å². The maximum Gasteiger partial charge on any atom is 0.356 e. The van der Waals surface area contributed by atoms with Gasteiger partial charge in [0.15, 0.2) is 11.1 Å². The summed E-state index contributed by atoms with van der Waals surface area (Å²) in [6.45, 7) is 5.54. The maximum absolute atomic E-state index is 13.2. The van der Waals surface area contributed by atoms with E-state index in [1.54, 1.807) is 13.0 Å². The SMILES string of the molecule is Cc1cc(C(C)Nc2ccc(Cl)nc2C(=O)O)c2oc(-c3ccccc3)c(C)c(=O)c2c1. The van der Waals surface area contributed by atoms with Gasteiger partial charge >= 0.3 is 5.97 Å². The van der Waals surface area contributed by atoms with Crippen LogP contribution >= 0.6 is 11.6 Å². The van der Waals surface area contributed by atoms with E-state index in [9.17, 15) is 14.7 Å². The number of halogens is 1. The molecule has 4 aromatic rings. The van der Waals surface area contributed by atoms with Crippen molar-refractivity contribution in [3.63, 3.8) is 0 Å². The number of nitrogens with zero attached hydrogens (tertiary/aromatic N) is 1. The summed E-state index contributed by atoms with van der Waals surface area (Å²) in [7, 11) is 0. The lowest BCUT2D eigenvalue weighted by atomic mass is 9.98. The Hall–Kier alpha value is -3.64. The Morgan fingerprint density at radius 3 is 2.53 bits per heavy atom. The number of hydrogen-bond acceptors (Lipinski definition) is 5.